The first-order valence-electron chi connectivity index (χ1n) is 7.96. The second-order valence-corrected chi connectivity index (χ2v) is 5.69. The molecule has 3 rings (SSSR count). The molecule has 0 aliphatic carbocycles. The van der Waals surface area contributed by atoms with Gasteiger partial charge in [0.1, 0.15) is 11.5 Å². The fraction of sp³-hybridized carbons (Fsp3) is 0.444. The monoisotopic (exact) mass is 284 g/mol. The first-order chi connectivity index (χ1) is 10.3. The van der Waals surface area contributed by atoms with Crippen molar-refractivity contribution < 1.29 is 4.42 Å². The summed E-state index contributed by atoms with van der Waals surface area (Å²) in [5.74, 6) is 2.03. The summed E-state index contributed by atoms with van der Waals surface area (Å²) < 4.78 is 5.97. The van der Waals surface area contributed by atoms with E-state index in [1.165, 1.54) is 24.1 Å². The number of anilines is 1. The zero-order valence-corrected chi connectivity index (χ0v) is 12.7. The third-order valence-corrected chi connectivity index (χ3v) is 4.35. The van der Waals surface area contributed by atoms with Gasteiger partial charge in [0.15, 0.2) is 0 Å². The Hall–Kier alpha value is -1.74. The minimum absolute atomic E-state index is 0.129. The van der Waals surface area contributed by atoms with E-state index in [1.807, 2.05) is 0 Å². The van der Waals surface area contributed by atoms with E-state index in [0.29, 0.717) is 6.54 Å². The number of nitrogens with two attached hydrogens (primary N) is 1. The van der Waals surface area contributed by atoms with Gasteiger partial charge in [0.25, 0.3) is 0 Å². The Morgan fingerprint density at radius 1 is 1.19 bits per heavy atom. The maximum atomic E-state index is 6.09. The normalized spacial score (nSPS) is 16.4. The first-order valence-corrected chi connectivity index (χ1v) is 7.96. The molecule has 21 heavy (non-hydrogen) atoms. The summed E-state index contributed by atoms with van der Waals surface area (Å²) in [6.45, 7) is 3.73. The van der Waals surface area contributed by atoms with Gasteiger partial charge in [-0.1, -0.05) is 25.1 Å². The van der Waals surface area contributed by atoms with Crippen molar-refractivity contribution in [3.05, 3.63) is 53.5 Å². The lowest BCUT2D eigenvalue weighted by molar-refractivity contribution is 0.423. The van der Waals surface area contributed by atoms with Crippen LogP contribution in [0.1, 0.15) is 42.9 Å². The van der Waals surface area contributed by atoms with Crippen LogP contribution in [0.4, 0.5) is 5.69 Å². The predicted molar refractivity (Wildman–Crippen MR) is 86.6 cm³/mol. The van der Waals surface area contributed by atoms with Crippen molar-refractivity contribution >= 4 is 5.69 Å². The smallest absolute Gasteiger partial charge is 0.127 e. The highest BCUT2D eigenvalue weighted by Crippen LogP contribution is 2.33. The summed E-state index contributed by atoms with van der Waals surface area (Å²) in [6.07, 6.45) is 4.52. The average molecular weight is 284 g/mol. The Kier molecular flexibility index (Phi) is 4.30. The summed E-state index contributed by atoms with van der Waals surface area (Å²) in [4.78, 5) is 2.43. The van der Waals surface area contributed by atoms with Crippen molar-refractivity contribution in [3.8, 4) is 0 Å². The van der Waals surface area contributed by atoms with Gasteiger partial charge >= 0.3 is 0 Å². The van der Waals surface area contributed by atoms with Crippen molar-refractivity contribution in [1.82, 2.24) is 0 Å². The zero-order chi connectivity index (χ0) is 14.7. The van der Waals surface area contributed by atoms with Gasteiger partial charge in [0.2, 0.25) is 0 Å². The molecule has 1 aromatic heterocycles. The summed E-state index contributed by atoms with van der Waals surface area (Å²) in [7, 11) is 0. The average Bonchev–Trinajstić information content (AvgIpc) is 2.90. The van der Waals surface area contributed by atoms with Crippen LogP contribution in [-0.2, 0) is 12.8 Å². The van der Waals surface area contributed by atoms with Crippen molar-refractivity contribution in [3.63, 3.8) is 0 Å². The molecule has 0 saturated carbocycles. The number of rotatable bonds is 4. The third-order valence-electron chi connectivity index (χ3n) is 4.35. The molecule has 2 N–H and O–H groups in total. The van der Waals surface area contributed by atoms with Crippen LogP contribution < -0.4 is 10.6 Å². The summed E-state index contributed by atoms with van der Waals surface area (Å²) in [6, 6.07) is 13.0. The van der Waals surface area contributed by atoms with Gasteiger partial charge in [-0.2, -0.15) is 0 Å². The maximum absolute atomic E-state index is 6.09. The van der Waals surface area contributed by atoms with Crippen molar-refractivity contribution in [2.45, 2.75) is 38.6 Å². The van der Waals surface area contributed by atoms with Gasteiger partial charge in [-0.05, 0) is 43.0 Å². The molecule has 0 bridgehead atoms. The maximum Gasteiger partial charge on any atom is 0.127 e. The summed E-state index contributed by atoms with van der Waals surface area (Å²) in [5, 5.41) is 0. The standard InChI is InChI=1S/C18H24N2O/c1-2-15-10-11-18(21-15)17(13-19)20-12-6-5-8-14-7-3-4-9-16(14)20/h3-4,7,9-11,17H,2,5-6,8,12-13,19H2,1H3. The van der Waals surface area contributed by atoms with Crippen LogP contribution in [0.25, 0.3) is 0 Å². The number of fused-ring (bicyclic) bond motifs is 1. The molecule has 3 heteroatoms. The van der Waals surface area contributed by atoms with Crippen LogP contribution in [0.3, 0.4) is 0 Å². The van der Waals surface area contributed by atoms with Crippen LogP contribution in [0.2, 0.25) is 0 Å². The molecule has 0 radical (unpaired) electrons. The predicted octanol–water partition coefficient (Wildman–Crippen LogP) is 3.68. The Bertz CT molecular complexity index is 590. The van der Waals surface area contributed by atoms with Crippen LogP contribution in [0.5, 0.6) is 0 Å². The molecular formula is C18H24N2O. The molecular weight excluding hydrogens is 260 g/mol. The lowest BCUT2D eigenvalue weighted by atomic mass is 10.1. The van der Waals surface area contributed by atoms with E-state index in [2.05, 4.69) is 48.2 Å². The Balaban J connectivity index is 1.96. The molecule has 2 aromatic rings. The number of nitrogens with zero attached hydrogens (tertiary/aromatic N) is 1. The number of hydrogen-bond acceptors (Lipinski definition) is 3. The molecule has 0 fully saturated rings. The molecule has 1 unspecified atom stereocenters. The van der Waals surface area contributed by atoms with Gasteiger partial charge in [-0.15, -0.1) is 0 Å². The van der Waals surface area contributed by atoms with Gasteiger partial charge in [0.05, 0.1) is 6.04 Å². The quantitative estimate of drug-likeness (QED) is 0.931. The molecule has 1 aliphatic rings. The van der Waals surface area contributed by atoms with Crippen molar-refractivity contribution in [2.75, 3.05) is 18.0 Å². The van der Waals surface area contributed by atoms with E-state index in [0.717, 1.165) is 30.9 Å². The molecule has 3 nitrogen and oxygen atoms in total. The number of benzene rings is 1. The molecule has 112 valence electrons. The molecule has 1 aliphatic heterocycles. The summed E-state index contributed by atoms with van der Waals surface area (Å²) >= 11 is 0. The highest BCUT2D eigenvalue weighted by atomic mass is 16.3. The van der Waals surface area contributed by atoms with E-state index < -0.39 is 0 Å². The van der Waals surface area contributed by atoms with Gasteiger partial charge in [-0.3, -0.25) is 0 Å². The second kappa shape index (κ2) is 6.35. The molecule has 1 aromatic carbocycles. The molecule has 0 spiro atoms. The van der Waals surface area contributed by atoms with Crippen LogP contribution in [-0.4, -0.2) is 13.1 Å². The van der Waals surface area contributed by atoms with E-state index in [1.54, 1.807) is 0 Å². The highest BCUT2D eigenvalue weighted by molar-refractivity contribution is 5.56. The molecule has 2 heterocycles. The fourth-order valence-electron chi connectivity index (χ4n) is 3.20. The lowest BCUT2D eigenvalue weighted by Gasteiger charge is -2.32. The third kappa shape index (κ3) is 2.84. The zero-order valence-electron chi connectivity index (χ0n) is 12.7. The van der Waals surface area contributed by atoms with E-state index in [-0.39, 0.29) is 6.04 Å². The highest BCUT2D eigenvalue weighted by Gasteiger charge is 2.25. The Labute approximate surface area is 126 Å². The minimum Gasteiger partial charge on any atom is -0.464 e. The summed E-state index contributed by atoms with van der Waals surface area (Å²) in [5.41, 5.74) is 8.84. The van der Waals surface area contributed by atoms with Crippen LogP contribution in [0.15, 0.2) is 40.8 Å². The first kappa shape index (κ1) is 14.2. The number of furan rings is 1. The fourth-order valence-corrected chi connectivity index (χ4v) is 3.20. The number of aryl methyl sites for hydroxylation is 2. The van der Waals surface area contributed by atoms with Gasteiger partial charge < -0.3 is 15.1 Å². The molecule has 0 amide bonds. The van der Waals surface area contributed by atoms with Crippen molar-refractivity contribution in [2.24, 2.45) is 5.73 Å². The van der Waals surface area contributed by atoms with Crippen LogP contribution >= 0.6 is 0 Å². The largest absolute Gasteiger partial charge is 0.464 e. The van der Waals surface area contributed by atoms with Gasteiger partial charge in [0, 0.05) is 25.2 Å². The second-order valence-electron chi connectivity index (χ2n) is 5.69. The van der Waals surface area contributed by atoms with Gasteiger partial charge in [-0.25, -0.2) is 0 Å². The molecule has 1 atom stereocenters. The van der Waals surface area contributed by atoms with Crippen LogP contribution in [0, 0.1) is 0 Å². The van der Waals surface area contributed by atoms with Crippen molar-refractivity contribution in [1.29, 1.82) is 0 Å². The SMILES string of the molecule is CCc1ccc(C(CN)N2CCCCc3ccccc32)o1. The molecule has 0 saturated heterocycles. The Morgan fingerprint density at radius 3 is 2.81 bits per heavy atom. The van der Waals surface area contributed by atoms with E-state index in [4.69, 9.17) is 10.2 Å². The minimum atomic E-state index is 0.129. The van der Waals surface area contributed by atoms with E-state index in [9.17, 15) is 0 Å². The lowest BCUT2D eigenvalue weighted by Crippen LogP contribution is -2.34. The topological polar surface area (TPSA) is 42.4 Å². The number of para-hydroxylation sites is 1. The number of hydrogen-bond donors (Lipinski definition) is 1. The Morgan fingerprint density at radius 2 is 2.05 bits per heavy atom. The van der Waals surface area contributed by atoms with E-state index >= 15 is 0 Å².